The third kappa shape index (κ3) is 10.6. The second-order valence-corrected chi connectivity index (χ2v) is 14.7. The van der Waals surface area contributed by atoms with E-state index in [2.05, 4.69) is 36.6 Å². The lowest BCUT2D eigenvalue weighted by Crippen LogP contribution is -2.33. The minimum atomic E-state index is -3.51. The molecule has 1 aliphatic carbocycles. The summed E-state index contributed by atoms with van der Waals surface area (Å²) in [4.78, 5) is 21.6. The minimum absolute atomic E-state index is 0.285. The summed E-state index contributed by atoms with van der Waals surface area (Å²) in [6, 6.07) is 14.6. The number of fused-ring (bicyclic) bond motifs is 1. The van der Waals surface area contributed by atoms with Crippen molar-refractivity contribution in [3.05, 3.63) is 53.0 Å². The number of hydrogen-bond acceptors (Lipinski definition) is 8. The van der Waals surface area contributed by atoms with Gasteiger partial charge in [-0.05, 0) is 108 Å². The van der Waals surface area contributed by atoms with Crippen LogP contribution in [0.1, 0.15) is 59.3 Å². The molecule has 1 amide bonds. The van der Waals surface area contributed by atoms with E-state index in [-0.39, 0.29) is 4.90 Å². The number of nitrogens with one attached hydrogen (secondary N) is 4. The summed E-state index contributed by atoms with van der Waals surface area (Å²) in [5, 5.41) is 10.6. The molecule has 0 atom stereocenters. The Morgan fingerprint density at radius 3 is 2.26 bits per heavy atom. The average Bonchev–Trinajstić information content (AvgIpc) is 2.96. The van der Waals surface area contributed by atoms with Crippen molar-refractivity contribution < 1.29 is 17.9 Å². The maximum atomic E-state index is 12.6. The van der Waals surface area contributed by atoms with Crippen molar-refractivity contribution in [2.75, 3.05) is 36.8 Å². The van der Waals surface area contributed by atoms with Gasteiger partial charge in [-0.1, -0.05) is 28.1 Å². The van der Waals surface area contributed by atoms with Crippen LogP contribution in [-0.4, -0.2) is 56.3 Å². The first kappa shape index (κ1) is 32.9. The SMILES string of the molecule is CC(C)(C)OC(=O)NCCCCNc1nc(NCC2CCC(CNS(=O)(=O)c3ccc(Br)cc3)CC2)nc2ccccc12. The maximum absolute atomic E-state index is 12.6. The molecule has 43 heavy (non-hydrogen) atoms. The largest absolute Gasteiger partial charge is 0.444 e. The monoisotopic (exact) mass is 674 g/mol. The topological polar surface area (TPSA) is 134 Å². The predicted octanol–water partition coefficient (Wildman–Crippen LogP) is 6.31. The van der Waals surface area contributed by atoms with Gasteiger partial charge in [0.05, 0.1) is 10.4 Å². The Morgan fingerprint density at radius 1 is 0.907 bits per heavy atom. The highest BCUT2D eigenvalue weighted by Gasteiger charge is 2.24. The Kier molecular flexibility index (Phi) is 11.6. The van der Waals surface area contributed by atoms with Crippen LogP contribution in [0, 0.1) is 11.8 Å². The fourth-order valence-corrected chi connectivity index (χ4v) is 6.43. The number of aromatic nitrogens is 2. The van der Waals surface area contributed by atoms with Gasteiger partial charge < -0.3 is 20.7 Å². The number of carbonyl (C=O) groups is 1. The summed E-state index contributed by atoms with van der Waals surface area (Å²) in [5.41, 5.74) is 0.366. The summed E-state index contributed by atoms with van der Waals surface area (Å²) >= 11 is 3.34. The highest BCUT2D eigenvalue weighted by atomic mass is 79.9. The molecule has 0 unspecified atom stereocenters. The Labute approximate surface area is 263 Å². The minimum Gasteiger partial charge on any atom is -0.444 e. The molecule has 1 heterocycles. The van der Waals surface area contributed by atoms with Crippen LogP contribution < -0.4 is 20.7 Å². The number of benzene rings is 2. The first-order chi connectivity index (χ1) is 20.5. The first-order valence-corrected chi connectivity index (χ1v) is 17.2. The maximum Gasteiger partial charge on any atom is 0.407 e. The molecule has 4 N–H and O–H groups in total. The zero-order valence-electron chi connectivity index (χ0n) is 25.2. The Hall–Kier alpha value is -2.96. The molecule has 0 radical (unpaired) electrons. The number of anilines is 2. The number of unbranched alkanes of at least 4 members (excludes halogenated alkanes) is 1. The van der Waals surface area contributed by atoms with Crippen molar-refractivity contribution >= 4 is 54.7 Å². The lowest BCUT2D eigenvalue weighted by atomic mass is 9.82. The molecule has 1 aromatic heterocycles. The van der Waals surface area contributed by atoms with Crippen molar-refractivity contribution in [2.24, 2.45) is 11.8 Å². The number of sulfonamides is 1. The number of nitrogens with zero attached hydrogens (tertiary/aromatic N) is 2. The van der Waals surface area contributed by atoms with Gasteiger partial charge in [0.25, 0.3) is 0 Å². The van der Waals surface area contributed by atoms with Crippen LogP contribution in [0.3, 0.4) is 0 Å². The van der Waals surface area contributed by atoms with Crippen molar-refractivity contribution in [1.29, 1.82) is 0 Å². The second kappa shape index (κ2) is 15.2. The molecule has 4 rings (SSSR count). The molecule has 0 spiro atoms. The number of amides is 1. The summed E-state index contributed by atoms with van der Waals surface area (Å²) < 4.78 is 34.2. The highest BCUT2D eigenvalue weighted by molar-refractivity contribution is 9.10. The lowest BCUT2D eigenvalue weighted by Gasteiger charge is -2.28. The van der Waals surface area contributed by atoms with Crippen molar-refractivity contribution in [3.63, 3.8) is 0 Å². The first-order valence-electron chi connectivity index (χ1n) is 14.9. The number of halogens is 1. The number of rotatable bonds is 13. The lowest BCUT2D eigenvalue weighted by molar-refractivity contribution is 0.0527. The van der Waals surface area contributed by atoms with Gasteiger partial charge in [0.15, 0.2) is 0 Å². The number of hydrogen-bond donors (Lipinski definition) is 4. The van der Waals surface area contributed by atoms with E-state index in [1.54, 1.807) is 24.3 Å². The highest BCUT2D eigenvalue weighted by Crippen LogP contribution is 2.29. The molecular formula is C31H43BrN6O4S. The molecular weight excluding hydrogens is 632 g/mol. The van der Waals surface area contributed by atoms with Gasteiger partial charge in [-0.25, -0.2) is 22.9 Å². The second-order valence-electron chi connectivity index (χ2n) is 12.0. The molecule has 1 saturated carbocycles. The van der Waals surface area contributed by atoms with Gasteiger partial charge in [-0.3, -0.25) is 0 Å². The zero-order chi connectivity index (χ0) is 30.9. The van der Waals surface area contributed by atoms with Gasteiger partial charge in [0.1, 0.15) is 11.4 Å². The van der Waals surface area contributed by atoms with Crippen LogP contribution in [0.4, 0.5) is 16.6 Å². The van der Waals surface area contributed by atoms with Gasteiger partial charge in [-0.2, -0.15) is 4.98 Å². The molecule has 0 bridgehead atoms. The third-order valence-electron chi connectivity index (χ3n) is 7.37. The van der Waals surface area contributed by atoms with E-state index >= 15 is 0 Å². The number of ether oxygens (including phenoxy) is 1. The van der Waals surface area contributed by atoms with Crippen LogP contribution in [0.15, 0.2) is 57.9 Å². The summed E-state index contributed by atoms with van der Waals surface area (Å²) in [7, 11) is -3.51. The van der Waals surface area contributed by atoms with Crippen molar-refractivity contribution in [1.82, 2.24) is 20.0 Å². The van der Waals surface area contributed by atoms with Gasteiger partial charge in [0.2, 0.25) is 16.0 Å². The molecule has 0 aliphatic heterocycles. The van der Waals surface area contributed by atoms with Crippen LogP contribution in [0.25, 0.3) is 10.9 Å². The van der Waals surface area contributed by atoms with E-state index in [4.69, 9.17) is 14.7 Å². The van der Waals surface area contributed by atoms with E-state index in [0.29, 0.717) is 37.4 Å². The smallest absolute Gasteiger partial charge is 0.407 e. The zero-order valence-corrected chi connectivity index (χ0v) is 27.6. The van der Waals surface area contributed by atoms with E-state index in [9.17, 15) is 13.2 Å². The van der Waals surface area contributed by atoms with Gasteiger partial charge >= 0.3 is 6.09 Å². The summed E-state index contributed by atoms with van der Waals surface area (Å²) in [6.07, 6.45) is 5.27. The molecule has 234 valence electrons. The fraction of sp³-hybridized carbons (Fsp3) is 0.516. The number of para-hydroxylation sites is 1. The molecule has 2 aromatic carbocycles. The predicted molar refractivity (Wildman–Crippen MR) is 175 cm³/mol. The fourth-order valence-electron chi connectivity index (χ4n) is 5.05. The van der Waals surface area contributed by atoms with Crippen LogP contribution in [0.5, 0.6) is 0 Å². The van der Waals surface area contributed by atoms with Crippen LogP contribution >= 0.6 is 15.9 Å². The number of carbonyl (C=O) groups excluding carboxylic acids is 1. The molecule has 1 fully saturated rings. The van der Waals surface area contributed by atoms with E-state index in [1.807, 2.05) is 45.0 Å². The molecule has 0 saturated heterocycles. The van der Waals surface area contributed by atoms with Crippen LogP contribution in [0.2, 0.25) is 0 Å². The Morgan fingerprint density at radius 2 is 1.56 bits per heavy atom. The van der Waals surface area contributed by atoms with Crippen molar-refractivity contribution in [2.45, 2.75) is 69.8 Å². The van der Waals surface area contributed by atoms with Crippen LogP contribution in [-0.2, 0) is 14.8 Å². The summed E-state index contributed by atoms with van der Waals surface area (Å²) in [5.74, 6) is 2.18. The molecule has 1 aliphatic rings. The number of alkyl carbamates (subject to hydrolysis) is 1. The van der Waals surface area contributed by atoms with Gasteiger partial charge in [-0.15, -0.1) is 0 Å². The van der Waals surface area contributed by atoms with Crippen molar-refractivity contribution in [3.8, 4) is 0 Å². The van der Waals surface area contributed by atoms with E-state index in [1.165, 1.54) is 0 Å². The normalized spacial score (nSPS) is 17.4. The van der Waals surface area contributed by atoms with Gasteiger partial charge in [0, 0.05) is 36.0 Å². The molecule has 3 aromatic rings. The Bertz CT molecular complexity index is 1460. The Balaban J connectivity index is 1.21. The standard InChI is InChI=1S/C31H43BrN6O4S/c1-31(2,3)42-30(39)34-19-7-6-18-33-28-26-8-4-5-9-27(26)37-29(38-28)35-20-22-10-12-23(13-11-22)21-36-43(40,41)25-16-14-24(32)15-17-25/h4-5,8-9,14-17,22-23,36H,6-7,10-13,18-21H2,1-3H3,(H,34,39)(H2,33,35,37,38). The average molecular weight is 676 g/mol. The summed E-state index contributed by atoms with van der Waals surface area (Å²) in [6.45, 7) is 8.03. The third-order valence-corrected chi connectivity index (χ3v) is 9.34. The van der Waals surface area contributed by atoms with E-state index < -0.39 is 21.7 Å². The van der Waals surface area contributed by atoms with E-state index in [0.717, 1.165) is 66.3 Å². The molecule has 12 heteroatoms. The quantitative estimate of drug-likeness (QED) is 0.155. The molecule has 10 nitrogen and oxygen atoms in total.